The summed E-state index contributed by atoms with van der Waals surface area (Å²) in [6, 6.07) is 27.1. The minimum absolute atomic E-state index is 0.269. The number of hydrogen-bond acceptors (Lipinski definition) is 0. The molecule has 0 aliphatic rings. The summed E-state index contributed by atoms with van der Waals surface area (Å²) in [4.78, 5) is 0. The lowest BCUT2D eigenvalue weighted by atomic mass is 9.90. The van der Waals surface area contributed by atoms with Crippen LogP contribution in [0.4, 0.5) is 4.39 Å². The molecule has 0 amide bonds. The van der Waals surface area contributed by atoms with Crippen molar-refractivity contribution in [3.05, 3.63) is 84.4 Å². The molecule has 0 heterocycles. The third-order valence-electron chi connectivity index (χ3n) is 3.90. The van der Waals surface area contributed by atoms with Crippen molar-refractivity contribution in [1.82, 2.24) is 0 Å². The lowest BCUT2D eigenvalue weighted by Crippen LogP contribution is -1.93. The first-order valence-electron chi connectivity index (χ1n) is 7.69. The van der Waals surface area contributed by atoms with E-state index in [1.165, 1.54) is 27.8 Å². The van der Waals surface area contributed by atoms with Gasteiger partial charge in [-0.1, -0.05) is 78.9 Å². The normalized spacial score (nSPS) is 10.6. The summed E-state index contributed by atoms with van der Waals surface area (Å²) in [5.74, 6) is 0. The molecule has 0 aliphatic heterocycles. The predicted molar refractivity (Wildman–Crippen MR) is 91.6 cm³/mol. The first-order valence-corrected chi connectivity index (χ1v) is 7.69. The second kappa shape index (κ2) is 7.04. The van der Waals surface area contributed by atoms with E-state index in [1.54, 1.807) is 0 Å². The van der Waals surface area contributed by atoms with E-state index < -0.39 is 0 Å². The van der Waals surface area contributed by atoms with Gasteiger partial charge in [0.25, 0.3) is 0 Å². The molecule has 0 saturated heterocycles. The van der Waals surface area contributed by atoms with Gasteiger partial charge in [-0.3, -0.25) is 4.39 Å². The minimum atomic E-state index is -0.269. The van der Waals surface area contributed by atoms with E-state index in [0.29, 0.717) is 6.42 Å². The van der Waals surface area contributed by atoms with Crippen molar-refractivity contribution < 1.29 is 4.39 Å². The molecule has 0 aliphatic carbocycles. The van der Waals surface area contributed by atoms with E-state index >= 15 is 0 Å². The van der Waals surface area contributed by atoms with Gasteiger partial charge < -0.3 is 0 Å². The van der Waals surface area contributed by atoms with Crippen molar-refractivity contribution in [2.75, 3.05) is 6.67 Å². The predicted octanol–water partition coefficient (Wildman–Crippen LogP) is 5.92. The van der Waals surface area contributed by atoms with E-state index in [2.05, 4.69) is 66.7 Å². The summed E-state index contributed by atoms with van der Waals surface area (Å²) in [7, 11) is 0. The van der Waals surface area contributed by atoms with Crippen LogP contribution in [-0.2, 0) is 6.42 Å². The molecule has 0 atom stereocenters. The average Bonchev–Trinajstić information content (AvgIpc) is 2.61. The first kappa shape index (κ1) is 14.5. The Morgan fingerprint density at radius 2 is 1.18 bits per heavy atom. The van der Waals surface area contributed by atoms with Gasteiger partial charge in [-0.25, -0.2) is 0 Å². The lowest BCUT2D eigenvalue weighted by molar-refractivity contribution is 0.473. The Balaban J connectivity index is 2.10. The van der Waals surface area contributed by atoms with Crippen molar-refractivity contribution >= 4 is 0 Å². The van der Waals surface area contributed by atoms with Gasteiger partial charge in [0.05, 0.1) is 6.67 Å². The number of rotatable bonds is 5. The van der Waals surface area contributed by atoms with Crippen LogP contribution in [0.25, 0.3) is 22.3 Å². The molecule has 0 bridgehead atoms. The van der Waals surface area contributed by atoms with Crippen molar-refractivity contribution in [1.29, 1.82) is 0 Å². The Hall–Kier alpha value is -2.41. The molecule has 0 saturated carbocycles. The fourth-order valence-electron chi connectivity index (χ4n) is 2.85. The van der Waals surface area contributed by atoms with Gasteiger partial charge in [0.2, 0.25) is 0 Å². The zero-order valence-electron chi connectivity index (χ0n) is 12.5. The molecular formula is C21H19F. The van der Waals surface area contributed by atoms with E-state index in [-0.39, 0.29) is 6.67 Å². The number of halogens is 1. The molecule has 110 valence electrons. The van der Waals surface area contributed by atoms with Crippen LogP contribution in [0, 0.1) is 0 Å². The number of alkyl halides is 1. The van der Waals surface area contributed by atoms with Crippen LogP contribution in [0.2, 0.25) is 0 Å². The number of hydrogen-bond donors (Lipinski definition) is 0. The maximum Gasteiger partial charge on any atom is 0.0897 e. The molecule has 22 heavy (non-hydrogen) atoms. The van der Waals surface area contributed by atoms with E-state index in [4.69, 9.17) is 0 Å². The average molecular weight is 290 g/mol. The van der Waals surface area contributed by atoms with Crippen LogP contribution in [-0.4, -0.2) is 6.67 Å². The molecule has 3 aromatic carbocycles. The lowest BCUT2D eigenvalue weighted by Gasteiger charge is -2.14. The highest BCUT2D eigenvalue weighted by molar-refractivity contribution is 5.84. The Morgan fingerprint density at radius 1 is 0.591 bits per heavy atom. The second-order valence-corrected chi connectivity index (χ2v) is 5.36. The Kier molecular flexibility index (Phi) is 4.65. The van der Waals surface area contributed by atoms with Gasteiger partial charge >= 0.3 is 0 Å². The van der Waals surface area contributed by atoms with Crippen LogP contribution in [0.1, 0.15) is 12.0 Å². The summed E-state index contributed by atoms with van der Waals surface area (Å²) >= 11 is 0. The monoisotopic (exact) mass is 290 g/mol. The highest BCUT2D eigenvalue weighted by Crippen LogP contribution is 2.34. The Labute approximate surface area is 131 Å². The van der Waals surface area contributed by atoms with Crippen molar-refractivity contribution in [3.8, 4) is 22.3 Å². The fraction of sp³-hybridized carbons (Fsp3) is 0.143. The van der Waals surface area contributed by atoms with Crippen molar-refractivity contribution in [2.24, 2.45) is 0 Å². The molecule has 0 unspecified atom stereocenters. The quantitative estimate of drug-likeness (QED) is 0.547. The SMILES string of the molecule is FCCCc1ccccc1-c1ccccc1-c1ccccc1. The molecule has 1 heteroatoms. The summed E-state index contributed by atoms with van der Waals surface area (Å²) in [5, 5.41) is 0. The summed E-state index contributed by atoms with van der Waals surface area (Å²) in [5.41, 5.74) is 6.05. The third-order valence-corrected chi connectivity index (χ3v) is 3.90. The van der Waals surface area contributed by atoms with Gasteiger partial charge in [-0.05, 0) is 40.7 Å². The minimum Gasteiger partial charge on any atom is -0.251 e. The molecule has 0 N–H and O–H groups in total. The van der Waals surface area contributed by atoms with E-state index in [9.17, 15) is 4.39 Å². The highest BCUT2D eigenvalue weighted by atomic mass is 19.1. The first-order chi connectivity index (χ1) is 10.9. The highest BCUT2D eigenvalue weighted by Gasteiger charge is 2.10. The van der Waals surface area contributed by atoms with Gasteiger partial charge in [0.1, 0.15) is 0 Å². The zero-order valence-corrected chi connectivity index (χ0v) is 12.5. The van der Waals surface area contributed by atoms with Crippen molar-refractivity contribution in [2.45, 2.75) is 12.8 Å². The molecule has 3 aromatic rings. The molecule has 0 nitrogen and oxygen atoms in total. The molecule has 0 aromatic heterocycles. The van der Waals surface area contributed by atoms with E-state index in [1.807, 2.05) is 12.1 Å². The largest absolute Gasteiger partial charge is 0.251 e. The molecule has 0 spiro atoms. The molecule has 0 radical (unpaired) electrons. The third kappa shape index (κ3) is 3.09. The summed E-state index contributed by atoms with van der Waals surface area (Å²) in [6.45, 7) is -0.269. The number of benzene rings is 3. The smallest absolute Gasteiger partial charge is 0.0897 e. The standard InChI is InChI=1S/C21H19F/c22-16-8-12-18-11-4-5-13-20(18)21-15-7-6-14-19(21)17-9-2-1-3-10-17/h1-7,9-11,13-15H,8,12,16H2. The summed E-state index contributed by atoms with van der Waals surface area (Å²) in [6.07, 6.45) is 1.35. The molecule has 3 rings (SSSR count). The van der Waals surface area contributed by atoms with Gasteiger partial charge in [0.15, 0.2) is 0 Å². The maximum atomic E-state index is 12.6. The van der Waals surface area contributed by atoms with Crippen LogP contribution in [0.3, 0.4) is 0 Å². The summed E-state index contributed by atoms with van der Waals surface area (Å²) < 4.78 is 12.6. The fourth-order valence-corrected chi connectivity index (χ4v) is 2.85. The Bertz CT molecular complexity index is 732. The van der Waals surface area contributed by atoms with Crippen LogP contribution >= 0.6 is 0 Å². The van der Waals surface area contributed by atoms with Crippen LogP contribution in [0.15, 0.2) is 78.9 Å². The van der Waals surface area contributed by atoms with Crippen molar-refractivity contribution in [3.63, 3.8) is 0 Å². The topological polar surface area (TPSA) is 0 Å². The van der Waals surface area contributed by atoms with E-state index in [0.717, 1.165) is 6.42 Å². The molecule has 0 fully saturated rings. The zero-order chi connectivity index (χ0) is 15.2. The van der Waals surface area contributed by atoms with Gasteiger partial charge in [0, 0.05) is 0 Å². The number of aryl methyl sites for hydroxylation is 1. The van der Waals surface area contributed by atoms with Gasteiger partial charge in [-0.15, -0.1) is 0 Å². The maximum absolute atomic E-state index is 12.6. The molecular weight excluding hydrogens is 271 g/mol. The van der Waals surface area contributed by atoms with Crippen LogP contribution in [0.5, 0.6) is 0 Å². The van der Waals surface area contributed by atoms with Gasteiger partial charge in [-0.2, -0.15) is 0 Å². The Morgan fingerprint density at radius 3 is 1.91 bits per heavy atom. The second-order valence-electron chi connectivity index (χ2n) is 5.36. The van der Waals surface area contributed by atoms with Crippen LogP contribution < -0.4 is 0 Å².